The molecule has 0 nitrogen and oxygen atoms in total. The number of hydrogen-bond donors (Lipinski definition) is 0. The van der Waals surface area contributed by atoms with Crippen molar-refractivity contribution in [3.8, 4) is 0 Å². The van der Waals surface area contributed by atoms with E-state index in [4.69, 9.17) is 0 Å². The number of hydrogen-bond acceptors (Lipinski definition) is 1. The van der Waals surface area contributed by atoms with Gasteiger partial charge in [0.25, 0.3) is 0 Å². The van der Waals surface area contributed by atoms with E-state index in [9.17, 15) is 0 Å². The molecule has 0 amide bonds. The summed E-state index contributed by atoms with van der Waals surface area (Å²) >= 11 is 1.87. The van der Waals surface area contributed by atoms with Crippen molar-refractivity contribution in [3.05, 3.63) is 59.7 Å². The van der Waals surface area contributed by atoms with Gasteiger partial charge in [0.1, 0.15) is 0 Å². The minimum atomic E-state index is 0.562. The monoisotopic (exact) mass is 270 g/mol. The fourth-order valence-electron chi connectivity index (χ4n) is 2.09. The molecule has 0 unspecified atom stereocenters. The summed E-state index contributed by atoms with van der Waals surface area (Å²) in [4.78, 5) is 2.71. The second-order valence-corrected chi connectivity index (χ2v) is 6.64. The molecule has 1 heteroatoms. The molecule has 2 aromatic rings. The van der Waals surface area contributed by atoms with Crippen LogP contribution in [0, 0.1) is 0 Å². The molecule has 0 aliphatic heterocycles. The minimum absolute atomic E-state index is 0.562. The Labute approximate surface area is 121 Å². The molecule has 0 saturated heterocycles. The Morgan fingerprint density at radius 2 is 1.47 bits per heavy atom. The van der Waals surface area contributed by atoms with Gasteiger partial charge in [0.05, 0.1) is 0 Å². The second-order valence-electron chi connectivity index (χ2n) is 5.52. The molecule has 0 aromatic heterocycles. The van der Waals surface area contributed by atoms with Crippen molar-refractivity contribution in [2.75, 3.05) is 0 Å². The summed E-state index contributed by atoms with van der Waals surface area (Å²) in [5.74, 6) is 1.14. The van der Waals surface area contributed by atoms with E-state index >= 15 is 0 Å². The summed E-state index contributed by atoms with van der Waals surface area (Å²) in [5.41, 5.74) is 2.86. The molecule has 0 radical (unpaired) electrons. The Hall–Kier alpha value is -1.21. The van der Waals surface area contributed by atoms with E-state index in [1.165, 1.54) is 20.9 Å². The van der Waals surface area contributed by atoms with Crippen LogP contribution >= 0.6 is 11.8 Å². The quantitative estimate of drug-likeness (QED) is 0.648. The van der Waals surface area contributed by atoms with Crippen LogP contribution in [-0.2, 0) is 0 Å². The van der Waals surface area contributed by atoms with Crippen LogP contribution in [0.15, 0.2) is 58.3 Å². The highest BCUT2D eigenvalue weighted by molar-refractivity contribution is 7.99. The Balaban J connectivity index is 2.38. The molecular formula is C18H22S. The second kappa shape index (κ2) is 6.29. The molecule has 2 rings (SSSR count). The first-order valence-corrected chi connectivity index (χ1v) is 7.76. The number of benzene rings is 2. The Morgan fingerprint density at radius 3 is 2.05 bits per heavy atom. The van der Waals surface area contributed by atoms with E-state index in [-0.39, 0.29) is 0 Å². The van der Waals surface area contributed by atoms with E-state index in [2.05, 4.69) is 76.2 Å². The third-order valence-electron chi connectivity index (χ3n) is 3.30. The molecule has 0 aliphatic carbocycles. The average Bonchev–Trinajstić information content (AvgIpc) is 2.39. The first-order valence-electron chi connectivity index (χ1n) is 6.94. The molecular weight excluding hydrogens is 248 g/mol. The third kappa shape index (κ3) is 3.63. The molecule has 0 saturated carbocycles. The minimum Gasteiger partial charge on any atom is -0.0898 e. The van der Waals surface area contributed by atoms with Crippen molar-refractivity contribution in [1.29, 1.82) is 0 Å². The van der Waals surface area contributed by atoms with Gasteiger partial charge in [0.15, 0.2) is 0 Å². The summed E-state index contributed by atoms with van der Waals surface area (Å²) in [6, 6.07) is 17.6. The Bertz CT molecular complexity index is 527. The Kier molecular flexibility index (Phi) is 4.71. The maximum absolute atomic E-state index is 2.36. The predicted octanol–water partition coefficient (Wildman–Crippen LogP) is 6.08. The molecule has 2 aromatic carbocycles. The van der Waals surface area contributed by atoms with Crippen molar-refractivity contribution in [3.63, 3.8) is 0 Å². The van der Waals surface area contributed by atoms with E-state index < -0.39 is 0 Å². The molecule has 0 spiro atoms. The average molecular weight is 270 g/mol. The van der Waals surface area contributed by atoms with Crippen LogP contribution in [-0.4, -0.2) is 0 Å². The molecule has 0 aliphatic rings. The number of rotatable bonds is 4. The highest BCUT2D eigenvalue weighted by Gasteiger charge is 2.10. The lowest BCUT2D eigenvalue weighted by Gasteiger charge is -2.15. The predicted molar refractivity (Wildman–Crippen MR) is 85.2 cm³/mol. The van der Waals surface area contributed by atoms with Crippen molar-refractivity contribution in [1.82, 2.24) is 0 Å². The van der Waals surface area contributed by atoms with E-state index in [0.29, 0.717) is 11.8 Å². The standard InChI is InChI=1S/C18H22S/c1-13(2)15-10-11-17(14(3)4)18(12-15)19-16-8-6-5-7-9-16/h5-14H,1-4H3. The van der Waals surface area contributed by atoms with Gasteiger partial charge in [-0.05, 0) is 41.2 Å². The smallest absolute Gasteiger partial charge is 0.0159 e. The fourth-order valence-corrected chi connectivity index (χ4v) is 3.25. The van der Waals surface area contributed by atoms with Crippen molar-refractivity contribution in [2.24, 2.45) is 0 Å². The van der Waals surface area contributed by atoms with Crippen LogP contribution in [0.25, 0.3) is 0 Å². The van der Waals surface area contributed by atoms with Gasteiger partial charge in [-0.3, -0.25) is 0 Å². The molecule has 100 valence electrons. The maximum Gasteiger partial charge on any atom is 0.0159 e. The molecule has 0 N–H and O–H groups in total. The summed E-state index contributed by atoms with van der Waals surface area (Å²) in [6.07, 6.45) is 0. The van der Waals surface area contributed by atoms with Crippen LogP contribution in [0.1, 0.15) is 50.7 Å². The molecule has 0 heterocycles. The lowest BCUT2D eigenvalue weighted by Crippen LogP contribution is -1.95. The van der Waals surface area contributed by atoms with Crippen molar-refractivity contribution in [2.45, 2.75) is 49.3 Å². The zero-order chi connectivity index (χ0) is 13.8. The van der Waals surface area contributed by atoms with Gasteiger partial charge in [-0.15, -0.1) is 0 Å². The van der Waals surface area contributed by atoms with Gasteiger partial charge in [-0.25, -0.2) is 0 Å². The summed E-state index contributed by atoms with van der Waals surface area (Å²) in [6.45, 7) is 9.03. The van der Waals surface area contributed by atoms with E-state index in [1.54, 1.807) is 0 Å². The van der Waals surface area contributed by atoms with Crippen LogP contribution in [0.2, 0.25) is 0 Å². The SMILES string of the molecule is CC(C)c1ccc(C(C)C)c(Sc2ccccc2)c1. The summed E-state index contributed by atoms with van der Waals surface area (Å²) < 4.78 is 0. The van der Waals surface area contributed by atoms with Gasteiger partial charge >= 0.3 is 0 Å². The van der Waals surface area contributed by atoms with Crippen LogP contribution < -0.4 is 0 Å². The zero-order valence-electron chi connectivity index (χ0n) is 12.2. The normalized spacial score (nSPS) is 11.3. The largest absolute Gasteiger partial charge is 0.0898 e. The summed E-state index contributed by atoms with van der Waals surface area (Å²) in [5, 5.41) is 0. The fraction of sp³-hybridized carbons (Fsp3) is 0.333. The van der Waals surface area contributed by atoms with E-state index in [0.717, 1.165) is 0 Å². The van der Waals surface area contributed by atoms with Crippen molar-refractivity contribution >= 4 is 11.8 Å². The topological polar surface area (TPSA) is 0 Å². The van der Waals surface area contributed by atoms with Gasteiger partial charge in [-0.1, -0.05) is 69.8 Å². The molecule has 19 heavy (non-hydrogen) atoms. The summed E-state index contributed by atoms with van der Waals surface area (Å²) in [7, 11) is 0. The first kappa shape index (κ1) is 14.2. The van der Waals surface area contributed by atoms with Crippen LogP contribution in [0.5, 0.6) is 0 Å². The lowest BCUT2D eigenvalue weighted by molar-refractivity contribution is 0.821. The van der Waals surface area contributed by atoms with Crippen LogP contribution in [0.4, 0.5) is 0 Å². The van der Waals surface area contributed by atoms with Gasteiger partial charge in [0, 0.05) is 9.79 Å². The first-order chi connectivity index (χ1) is 9.08. The maximum atomic E-state index is 2.36. The molecule has 0 fully saturated rings. The highest BCUT2D eigenvalue weighted by Crippen LogP contribution is 2.35. The highest BCUT2D eigenvalue weighted by atomic mass is 32.2. The van der Waals surface area contributed by atoms with Gasteiger partial charge in [-0.2, -0.15) is 0 Å². The van der Waals surface area contributed by atoms with E-state index in [1.807, 2.05) is 11.8 Å². The van der Waals surface area contributed by atoms with Gasteiger partial charge in [0.2, 0.25) is 0 Å². The zero-order valence-corrected chi connectivity index (χ0v) is 13.0. The van der Waals surface area contributed by atoms with Gasteiger partial charge < -0.3 is 0 Å². The third-order valence-corrected chi connectivity index (χ3v) is 4.38. The van der Waals surface area contributed by atoms with Crippen molar-refractivity contribution < 1.29 is 0 Å². The lowest BCUT2D eigenvalue weighted by atomic mass is 9.97. The molecule has 0 bridgehead atoms. The van der Waals surface area contributed by atoms with Crippen LogP contribution in [0.3, 0.4) is 0 Å². The molecule has 0 atom stereocenters. The Morgan fingerprint density at radius 1 is 0.789 bits per heavy atom.